The normalized spacial score (nSPS) is 18.3. The van der Waals surface area contributed by atoms with E-state index in [2.05, 4.69) is 21.6 Å². The molecule has 7 nitrogen and oxygen atoms in total. The highest BCUT2D eigenvalue weighted by Gasteiger charge is 2.37. The number of rotatable bonds is 3. The molecule has 0 saturated heterocycles. The summed E-state index contributed by atoms with van der Waals surface area (Å²) in [5.74, 6) is -1.41. The van der Waals surface area contributed by atoms with E-state index in [0.717, 1.165) is 124 Å². The zero-order valence-electron chi connectivity index (χ0n) is 24.4. The number of benzene rings is 3. The summed E-state index contributed by atoms with van der Waals surface area (Å²) in [4.78, 5) is 27.4. The van der Waals surface area contributed by atoms with Gasteiger partial charge in [-0.3, -0.25) is 0 Å². The summed E-state index contributed by atoms with van der Waals surface area (Å²) in [6.07, 6.45) is 9.92. The number of nitrogens with zero attached hydrogens (tertiary/aromatic N) is 2. The quantitative estimate of drug-likeness (QED) is 0.340. The summed E-state index contributed by atoms with van der Waals surface area (Å²) in [6, 6.07) is 5.57. The lowest BCUT2D eigenvalue weighted by molar-refractivity contribution is -0.255. The molecule has 0 radical (unpaired) electrons. The third-order valence-corrected chi connectivity index (χ3v) is 10.8. The summed E-state index contributed by atoms with van der Waals surface area (Å²) < 4.78 is 9.57. The number of carboxylic acid groups (broad SMARTS) is 2. The lowest BCUT2D eigenvalue weighted by Crippen LogP contribution is -2.41. The molecule has 1 N–H and O–H groups in total. The number of hydrogen-bond donors (Lipinski definition) is 1. The van der Waals surface area contributed by atoms with Crippen LogP contribution < -0.4 is 29.9 Å². The van der Waals surface area contributed by atoms with Gasteiger partial charge in [-0.2, -0.15) is 0 Å². The van der Waals surface area contributed by atoms with Crippen LogP contribution in [0.1, 0.15) is 92.6 Å². The van der Waals surface area contributed by atoms with Crippen molar-refractivity contribution in [1.82, 2.24) is 4.58 Å². The number of ether oxygens (including phenoxy) is 1. The Morgan fingerprint density at radius 3 is 2.43 bits per heavy atom. The van der Waals surface area contributed by atoms with Crippen molar-refractivity contribution < 1.29 is 24.5 Å². The minimum atomic E-state index is -1.58. The highest BCUT2D eigenvalue weighted by atomic mass is 35.5. The molecule has 5 aliphatic heterocycles. The first kappa shape index (κ1) is 28.0. The van der Waals surface area contributed by atoms with E-state index < -0.39 is 17.5 Å². The molecule has 9 heteroatoms. The third-order valence-electron chi connectivity index (χ3n) is 10.1. The van der Waals surface area contributed by atoms with Gasteiger partial charge < -0.3 is 24.6 Å². The van der Waals surface area contributed by atoms with Gasteiger partial charge in [-0.15, -0.1) is 0 Å². The van der Waals surface area contributed by atoms with Crippen LogP contribution in [0, 0.1) is 0 Å². The van der Waals surface area contributed by atoms with Crippen LogP contribution in [0.5, 0.6) is 11.5 Å². The molecule has 44 heavy (non-hydrogen) atoms. The molecule has 5 heterocycles. The largest absolute Gasteiger partial charge is 0.545 e. The Labute approximate surface area is 265 Å². The van der Waals surface area contributed by atoms with Gasteiger partial charge >= 0.3 is 5.97 Å². The van der Waals surface area contributed by atoms with E-state index in [4.69, 9.17) is 27.9 Å². The molecule has 226 valence electrons. The van der Waals surface area contributed by atoms with E-state index in [1.807, 2.05) is 0 Å². The number of carboxylic acids is 2. The fraction of sp³-hybridized carbons (Fsp3) is 0.400. The minimum absolute atomic E-state index is 0.00947. The Morgan fingerprint density at radius 2 is 1.61 bits per heavy atom. The predicted molar refractivity (Wildman–Crippen MR) is 167 cm³/mol. The van der Waals surface area contributed by atoms with E-state index in [1.165, 1.54) is 28.2 Å². The van der Waals surface area contributed by atoms with Crippen LogP contribution in [0.25, 0.3) is 5.57 Å². The number of carbonyl (C=O) groups is 2. The van der Waals surface area contributed by atoms with Crippen molar-refractivity contribution in [2.75, 3.05) is 31.1 Å². The summed E-state index contributed by atoms with van der Waals surface area (Å²) in [5, 5.41) is 24.2. The predicted octanol–water partition coefficient (Wildman–Crippen LogP) is 4.27. The molecule has 0 atom stereocenters. The zero-order valence-corrected chi connectivity index (χ0v) is 25.9. The van der Waals surface area contributed by atoms with E-state index in [9.17, 15) is 19.8 Å². The monoisotopic (exact) mass is 630 g/mol. The molecule has 0 amide bonds. The van der Waals surface area contributed by atoms with Crippen LogP contribution in [-0.2, 0) is 25.7 Å². The topological polar surface area (TPSA) is 92.9 Å². The molecule has 0 fully saturated rings. The standard InChI is InChI=1S/C35H32Cl2N2O5/c36-25-17-24(34(40)41)29(37)28(35(42)43)27(25)26-22-15-18-7-1-3-11-38-13-5-9-20(30(18)38)32(22)44-33-21-10-6-14-39-12-4-2-8-19(31(21)39)16-23(26)33/h15-17H,1-14H2,(H-,40,41,42,43). The maximum atomic E-state index is 12.9. The molecule has 0 saturated carbocycles. The van der Waals surface area contributed by atoms with Crippen LogP contribution in [0.15, 0.2) is 18.2 Å². The van der Waals surface area contributed by atoms with Crippen LogP contribution in [0.4, 0.5) is 5.69 Å². The summed E-state index contributed by atoms with van der Waals surface area (Å²) in [7, 11) is 0. The minimum Gasteiger partial charge on any atom is -0.545 e. The van der Waals surface area contributed by atoms with Gasteiger partial charge in [0.05, 0.1) is 27.1 Å². The van der Waals surface area contributed by atoms with Gasteiger partial charge in [-0.1, -0.05) is 23.2 Å². The number of carbonyl (C=O) groups excluding carboxylic acids is 1. The summed E-state index contributed by atoms with van der Waals surface area (Å²) in [6.45, 7) is 4.04. The number of halogens is 2. The number of anilines is 1. The highest BCUT2D eigenvalue weighted by molar-refractivity contribution is 6.39. The maximum absolute atomic E-state index is 12.9. The Kier molecular flexibility index (Phi) is 6.69. The fourth-order valence-electron chi connectivity index (χ4n) is 8.32. The second-order valence-corrected chi connectivity index (χ2v) is 13.4. The maximum Gasteiger partial charge on any atom is 0.337 e. The van der Waals surface area contributed by atoms with Gasteiger partial charge in [-0.25, -0.2) is 9.37 Å². The molecule has 3 aromatic carbocycles. The molecule has 0 unspecified atom stereocenters. The second-order valence-electron chi connectivity index (χ2n) is 12.6. The number of hydrogen-bond acceptors (Lipinski definition) is 5. The first-order valence-corrected chi connectivity index (χ1v) is 16.5. The third kappa shape index (κ3) is 4.12. The van der Waals surface area contributed by atoms with Crippen LogP contribution >= 0.6 is 23.2 Å². The van der Waals surface area contributed by atoms with E-state index in [1.54, 1.807) is 0 Å². The molecule has 5 aliphatic rings. The summed E-state index contributed by atoms with van der Waals surface area (Å²) in [5.41, 5.74) is 6.94. The van der Waals surface area contributed by atoms with E-state index >= 15 is 0 Å². The fourth-order valence-corrected chi connectivity index (χ4v) is 8.92. The Hall–Kier alpha value is -3.55. The Morgan fingerprint density at radius 1 is 0.864 bits per heavy atom. The van der Waals surface area contributed by atoms with Gasteiger partial charge in [0.25, 0.3) is 0 Å². The SMILES string of the molecule is O=C([O-])c1cc(Cl)c(C2=c3cc4c5c(c3Oc3c2cc2c6c3CCCN6CCCC2)CCC[N+]=5CCCC4)c(C(=O)O)c1Cl. The van der Waals surface area contributed by atoms with Crippen molar-refractivity contribution in [3.05, 3.63) is 83.3 Å². The van der Waals surface area contributed by atoms with Crippen LogP contribution in [0.3, 0.4) is 0 Å². The highest BCUT2D eigenvalue weighted by Crippen LogP contribution is 2.50. The molecular weight excluding hydrogens is 599 g/mol. The van der Waals surface area contributed by atoms with E-state index in [-0.39, 0.29) is 21.2 Å². The van der Waals surface area contributed by atoms with Gasteiger partial charge in [0.2, 0.25) is 5.36 Å². The van der Waals surface area contributed by atoms with Crippen molar-refractivity contribution in [1.29, 1.82) is 0 Å². The molecule has 3 aromatic rings. The van der Waals surface area contributed by atoms with Gasteiger partial charge in [-0.05, 0) is 75.1 Å². The van der Waals surface area contributed by atoms with E-state index in [0.29, 0.717) is 5.57 Å². The molecular formula is C35H32Cl2N2O5. The van der Waals surface area contributed by atoms with Gasteiger partial charge in [0.1, 0.15) is 24.6 Å². The molecule has 8 rings (SSSR count). The van der Waals surface area contributed by atoms with Gasteiger partial charge in [0.15, 0.2) is 0 Å². The van der Waals surface area contributed by atoms with Gasteiger partial charge in [0, 0.05) is 70.2 Å². The Balaban J connectivity index is 1.57. The lowest BCUT2D eigenvalue weighted by atomic mass is 9.82. The number of aryl methyl sites for hydroxylation is 2. The summed E-state index contributed by atoms with van der Waals surface area (Å²) >= 11 is 13.5. The van der Waals surface area contributed by atoms with Crippen molar-refractivity contribution in [3.63, 3.8) is 0 Å². The average molecular weight is 632 g/mol. The molecule has 0 aromatic heterocycles. The van der Waals surface area contributed by atoms with Crippen LogP contribution in [-0.4, -0.2) is 43.2 Å². The zero-order chi connectivity index (χ0) is 30.3. The second kappa shape index (κ2) is 10.5. The Bertz CT molecular complexity index is 1950. The number of fused-ring (bicyclic) bond motifs is 4. The van der Waals surface area contributed by atoms with Crippen molar-refractivity contribution >= 4 is 46.4 Å². The molecule has 0 spiro atoms. The van der Waals surface area contributed by atoms with Crippen molar-refractivity contribution in [2.24, 2.45) is 0 Å². The molecule has 0 bridgehead atoms. The number of aromatic carboxylic acids is 2. The van der Waals surface area contributed by atoms with Crippen molar-refractivity contribution in [3.8, 4) is 11.5 Å². The smallest absolute Gasteiger partial charge is 0.337 e. The first-order chi connectivity index (χ1) is 21.3. The average Bonchev–Trinajstić information content (AvgIpc) is 3.35. The molecule has 0 aliphatic carbocycles. The lowest BCUT2D eigenvalue weighted by Gasteiger charge is -2.36. The van der Waals surface area contributed by atoms with Crippen LogP contribution in [0.2, 0.25) is 10.0 Å². The first-order valence-electron chi connectivity index (χ1n) is 15.7. The van der Waals surface area contributed by atoms with Crippen molar-refractivity contribution in [2.45, 2.75) is 64.2 Å².